The Labute approximate surface area is 204 Å². The normalized spacial score (nSPS) is 12.1. The van der Waals surface area contributed by atoms with E-state index in [2.05, 4.69) is 44.8 Å². The molecule has 0 fully saturated rings. The highest BCUT2D eigenvalue weighted by Gasteiger charge is 2.10. The molecule has 0 saturated heterocycles. The summed E-state index contributed by atoms with van der Waals surface area (Å²) in [5.74, 6) is 2.98. The van der Waals surface area contributed by atoms with E-state index >= 15 is 0 Å². The Morgan fingerprint density at radius 3 is 2.48 bits per heavy atom. The lowest BCUT2D eigenvalue weighted by atomic mass is 9.98. The molecule has 1 atom stereocenters. The maximum atomic E-state index is 5.91. The van der Waals surface area contributed by atoms with Gasteiger partial charge in [-0.15, -0.1) is 24.0 Å². The van der Waals surface area contributed by atoms with Crippen molar-refractivity contribution in [3.05, 3.63) is 65.0 Å². The smallest absolute Gasteiger partial charge is 0.246 e. The van der Waals surface area contributed by atoms with E-state index in [1.165, 1.54) is 5.56 Å². The molecule has 0 bridgehead atoms. The van der Waals surface area contributed by atoms with Gasteiger partial charge in [-0.3, -0.25) is 4.99 Å². The van der Waals surface area contributed by atoms with E-state index in [1.807, 2.05) is 24.3 Å². The van der Waals surface area contributed by atoms with Gasteiger partial charge in [0.05, 0.1) is 13.7 Å². The number of rotatable bonds is 8. The van der Waals surface area contributed by atoms with Gasteiger partial charge in [0.1, 0.15) is 5.75 Å². The van der Waals surface area contributed by atoms with E-state index in [1.54, 1.807) is 26.3 Å². The predicted molar refractivity (Wildman–Crippen MR) is 134 cm³/mol. The molecule has 2 aromatic carbocycles. The van der Waals surface area contributed by atoms with E-state index < -0.39 is 0 Å². The highest BCUT2D eigenvalue weighted by molar-refractivity contribution is 14.0. The van der Waals surface area contributed by atoms with E-state index in [0.29, 0.717) is 35.2 Å². The zero-order valence-corrected chi connectivity index (χ0v) is 20.8. The topological polar surface area (TPSA) is 84.6 Å². The summed E-state index contributed by atoms with van der Waals surface area (Å²) in [7, 11) is 3.41. The first-order valence-electron chi connectivity index (χ1n) is 9.76. The number of guanidine groups is 1. The molecule has 1 heterocycles. The van der Waals surface area contributed by atoms with Crippen LogP contribution in [0, 0.1) is 0 Å². The zero-order valence-electron chi connectivity index (χ0n) is 17.8. The second kappa shape index (κ2) is 12.5. The Balaban J connectivity index is 0.00000341. The van der Waals surface area contributed by atoms with Gasteiger partial charge in [0.25, 0.3) is 0 Å². The first kappa shape index (κ1) is 24.9. The molecule has 0 aliphatic rings. The molecule has 7 nitrogen and oxygen atoms in total. The Hall–Kier alpha value is -2.33. The van der Waals surface area contributed by atoms with Crippen LogP contribution >= 0.6 is 35.6 Å². The van der Waals surface area contributed by atoms with Gasteiger partial charge >= 0.3 is 0 Å². The van der Waals surface area contributed by atoms with Crippen molar-refractivity contribution in [2.75, 3.05) is 20.7 Å². The highest BCUT2D eigenvalue weighted by atomic mass is 127. The van der Waals surface area contributed by atoms with Crippen molar-refractivity contribution in [3.63, 3.8) is 0 Å². The lowest BCUT2D eigenvalue weighted by Crippen LogP contribution is -2.37. The summed E-state index contributed by atoms with van der Waals surface area (Å²) in [6, 6.07) is 15.5. The molecule has 0 aliphatic carbocycles. The lowest BCUT2D eigenvalue weighted by molar-refractivity contribution is 0.375. The van der Waals surface area contributed by atoms with E-state index in [0.717, 1.165) is 24.3 Å². The second-order valence-corrected chi connectivity index (χ2v) is 7.27. The number of ether oxygens (including phenoxy) is 1. The maximum Gasteiger partial charge on any atom is 0.246 e. The highest BCUT2D eigenvalue weighted by Crippen LogP contribution is 2.21. The minimum atomic E-state index is 0. The fourth-order valence-electron chi connectivity index (χ4n) is 2.93. The fraction of sp³-hybridized carbons (Fsp3) is 0.318. The fourth-order valence-corrected chi connectivity index (χ4v) is 3.06. The Bertz CT molecular complexity index is 961. The SMILES string of the molecule is CN=C(NCCC(C)c1ccc(OC)cc1)NCc1nc(-c2ccc(Cl)cc2)no1.I. The molecule has 0 spiro atoms. The molecule has 1 unspecified atom stereocenters. The third-order valence-corrected chi connectivity index (χ3v) is 5.01. The quantitative estimate of drug-likeness (QED) is 0.234. The standard InChI is InChI=1S/C22H26ClN5O2.HI/c1-15(16-6-10-19(29-3)11-7-16)12-13-25-22(24-2)26-14-20-27-21(28-30-20)17-4-8-18(23)9-5-17;/h4-11,15H,12-14H2,1-3H3,(H2,24,25,26);1H. The first-order valence-corrected chi connectivity index (χ1v) is 10.1. The zero-order chi connectivity index (χ0) is 21.3. The molecule has 0 saturated carbocycles. The molecular formula is C22H27ClIN5O2. The Morgan fingerprint density at radius 2 is 1.84 bits per heavy atom. The summed E-state index contributed by atoms with van der Waals surface area (Å²) < 4.78 is 10.5. The number of hydrogen-bond donors (Lipinski definition) is 2. The maximum absolute atomic E-state index is 5.91. The van der Waals surface area contributed by atoms with Crippen LogP contribution in [0.15, 0.2) is 58.0 Å². The second-order valence-electron chi connectivity index (χ2n) is 6.83. The van der Waals surface area contributed by atoms with E-state index in [-0.39, 0.29) is 24.0 Å². The van der Waals surface area contributed by atoms with Gasteiger partial charge in [0.15, 0.2) is 5.96 Å². The summed E-state index contributed by atoms with van der Waals surface area (Å²) in [4.78, 5) is 8.65. The summed E-state index contributed by atoms with van der Waals surface area (Å²) in [5, 5.41) is 11.2. The van der Waals surface area contributed by atoms with Crippen molar-refractivity contribution in [2.24, 2.45) is 4.99 Å². The van der Waals surface area contributed by atoms with Gasteiger partial charge in [0, 0.05) is 24.2 Å². The number of aromatic nitrogens is 2. The third-order valence-electron chi connectivity index (χ3n) is 4.76. The van der Waals surface area contributed by atoms with Crippen LogP contribution in [0.4, 0.5) is 0 Å². The van der Waals surface area contributed by atoms with Gasteiger partial charge in [-0.05, 0) is 54.3 Å². The van der Waals surface area contributed by atoms with Gasteiger partial charge in [-0.1, -0.05) is 35.8 Å². The van der Waals surface area contributed by atoms with Gasteiger partial charge < -0.3 is 19.9 Å². The number of halogens is 2. The van der Waals surface area contributed by atoms with Crippen LogP contribution in [0.3, 0.4) is 0 Å². The lowest BCUT2D eigenvalue weighted by Gasteiger charge is -2.15. The molecule has 0 amide bonds. The summed E-state index contributed by atoms with van der Waals surface area (Å²) in [6.45, 7) is 3.37. The number of hydrogen-bond acceptors (Lipinski definition) is 5. The van der Waals surface area contributed by atoms with Crippen LogP contribution in [-0.4, -0.2) is 36.8 Å². The van der Waals surface area contributed by atoms with Crippen molar-refractivity contribution in [1.82, 2.24) is 20.8 Å². The Kier molecular flexibility index (Phi) is 10.1. The van der Waals surface area contributed by atoms with Gasteiger partial charge in [-0.25, -0.2) is 0 Å². The van der Waals surface area contributed by atoms with Crippen LogP contribution in [0.5, 0.6) is 5.75 Å². The van der Waals surface area contributed by atoms with E-state index in [4.69, 9.17) is 20.9 Å². The molecule has 31 heavy (non-hydrogen) atoms. The van der Waals surface area contributed by atoms with Gasteiger partial charge in [0.2, 0.25) is 11.7 Å². The number of nitrogens with zero attached hydrogens (tertiary/aromatic N) is 3. The number of nitrogens with one attached hydrogen (secondary N) is 2. The van der Waals surface area contributed by atoms with E-state index in [9.17, 15) is 0 Å². The molecule has 3 rings (SSSR count). The van der Waals surface area contributed by atoms with Crippen molar-refractivity contribution >= 4 is 41.5 Å². The summed E-state index contributed by atoms with van der Waals surface area (Å²) >= 11 is 5.91. The summed E-state index contributed by atoms with van der Waals surface area (Å²) in [6.07, 6.45) is 0.967. The van der Waals surface area contributed by atoms with Crippen molar-refractivity contribution in [1.29, 1.82) is 0 Å². The minimum absolute atomic E-state index is 0. The molecular weight excluding hydrogens is 529 g/mol. The minimum Gasteiger partial charge on any atom is -0.497 e. The van der Waals surface area contributed by atoms with Crippen molar-refractivity contribution in [2.45, 2.75) is 25.8 Å². The van der Waals surface area contributed by atoms with Crippen LogP contribution in [0.25, 0.3) is 11.4 Å². The van der Waals surface area contributed by atoms with Crippen LogP contribution in [-0.2, 0) is 6.54 Å². The average molecular weight is 556 g/mol. The molecule has 2 N–H and O–H groups in total. The van der Waals surface area contributed by atoms with Crippen LogP contribution in [0.2, 0.25) is 5.02 Å². The molecule has 3 aromatic rings. The number of aliphatic imine (C=N–C) groups is 1. The monoisotopic (exact) mass is 555 g/mol. The molecule has 0 aliphatic heterocycles. The average Bonchev–Trinajstić information content (AvgIpc) is 3.25. The molecule has 1 aromatic heterocycles. The Morgan fingerprint density at radius 1 is 1.13 bits per heavy atom. The van der Waals surface area contributed by atoms with Gasteiger partial charge in [-0.2, -0.15) is 4.98 Å². The predicted octanol–water partition coefficient (Wildman–Crippen LogP) is 4.88. The van der Waals surface area contributed by atoms with Crippen LogP contribution in [0.1, 0.15) is 30.7 Å². The largest absolute Gasteiger partial charge is 0.497 e. The first-order chi connectivity index (χ1) is 14.6. The molecule has 9 heteroatoms. The molecule has 166 valence electrons. The number of methoxy groups -OCH3 is 1. The van der Waals surface area contributed by atoms with Crippen LogP contribution < -0.4 is 15.4 Å². The summed E-state index contributed by atoms with van der Waals surface area (Å²) in [5.41, 5.74) is 2.13. The van der Waals surface area contributed by atoms with Crippen molar-refractivity contribution < 1.29 is 9.26 Å². The number of benzene rings is 2. The third kappa shape index (κ3) is 7.39. The molecule has 0 radical (unpaired) electrons. The van der Waals surface area contributed by atoms with Crippen molar-refractivity contribution in [3.8, 4) is 17.1 Å².